The molecule has 1 aliphatic heterocycles. The Morgan fingerprint density at radius 2 is 1.64 bits per heavy atom. The first-order valence-electron chi connectivity index (χ1n) is 13.0. The summed E-state index contributed by atoms with van der Waals surface area (Å²) in [7, 11) is 0. The molecule has 2 aromatic carbocycles. The van der Waals surface area contributed by atoms with Crippen LogP contribution >= 0.6 is 0 Å². The molecule has 7 heteroatoms. The van der Waals surface area contributed by atoms with Crippen molar-refractivity contribution in [3.63, 3.8) is 0 Å². The summed E-state index contributed by atoms with van der Waals surface area (Å²) in [5.74, 6) is 0. The molecule has 0 radical (unpaired) electrons. The van der Waals surface area contributed by atoms with Crippen LogP contribution in [0.15, 0.2) is 60.7 Å². The molecule has 2 aliphatic rings. The van der Waals surface area contributed by atoms with Gasteiger partial charge in [0, 0.05) is 24.7 Å². The summed E-state index contributed by atoms with van der Waals surface area (Å²) in [6, 6.07) is 20.4. The van der Waals surface area contributed by atoms with Gasteiger partial charge in [-0.15, -0.1) is 0 Å². The third kappa shape index (κ3) is 6.86. The molecular weight excluding hydrogens is 454 g/mol. The number of benzene rings is 2. The third-order valence-corrected chi connectivity index (χ3v) is 7.15. The van der Waals surface area contributed by atoms with Gasteiger partial charge in [0.05, 0.1) is 12.6 Å². The van der Waals surface area contributed by atoms with Crippen LogP contribution < -0.4 is 5.11 Å². The van der Waals surface area contributed by atoms with Crippen LogP contribution in [0.3, 0.4) is 0 Å². The Morgan fingerprint density at radius 1 is 1.03 bits per heavy atom. The van der Waals surface area contributed by atoms with Crippen molar-refractivity contribution in [1.29, 1.82) is 0 Å². The maximum Gasteiger partial charge on any atom is 0.410 e. The van der Waals surface area contributed by atoms with Gasteiger partial charge >= 0.3 is 6.09 Å². The first-order valence-corrected chi connectivity index (χ1v) is 13.0. The van der Waals surface area contributed by atoms with E-state index in [2.05, 4.69) is 29.2 Å². The lowest BCUT2D eigenvalue weighted by atomic mass is 10.0. The Balaban J connectivity index is 1.53. The number of rotatable bonds is 8. The summed E-state index contributed by atoms with van der Waals surface area (Å²) in [5.41, 5.74) is 1.60. The van der Waals surface area contributed by atoms with Crippen LogP contribution in [0.25, 0.3) is 0 Å². The van der Waals surface area contributed by atoms with E-state index >= 15 is 0 Å². The van der Waals surface area contributed by atoms with Gasteiger partial charge in [-0.3, -0.25) is 14.3 Å². The van der Waals surface area contributed by atoms with Crippen LogP contribution in [0.1, 0.15) is 51.2 Å². The molecule has 36 heavy (non-hydrogen) atoms. The van der Waals surface area contributed by atoms with E-state index in [-0.39, 0.29) is 16.6 Å². The second-order valence-electron chi connectivity index (χ2n) is 11.3. The number of carbonyl (C=O) groups excluding carboxylic acids is 2. The summed E-state index contributed by atoms with van der Waals surface area (Å²) >= 11 is 0. The standard InChI is InChI=1S/C29H39N3O4/c1-29(2,3)36-27(33)31-18-19-32(28(34)35,21-24-12-8-5-9-13-24)22-26(31)16-17-30(25-14-15-25)20-23-10-6-4-7-11-23/h4-13,25-26H,14-22H2,1-3H3/t26-,32?/m1/s1. The minimum atomic E-state index is -1.09. The van der Waals surface area contributed by atoms with Gasteiger partial charge in [-0.2, -0.15) is 0 Å². The van der Waals surface area contributed by atoms with Crippen LogP contribution in [-0.4, -0.2) is 70.3 Å². The fourth-order valence-electron chi connectivity index (χ4n) is 5.15. The van der Waals surface area contributed by atoms with Gasteiger partial charge in [0.2, 0.25) is 0 Å². The Kier molecular flexibility index (Phi) is 8.00. The monoisotopic (exact) mass is 493 g/mol. The lowest BCUT2D eigenvalue weighted by Gasteiger charge is -2.48. The largest absolute Gasteiger partial charge is 0.498 e. The molecule has 0 aromatic heterocycles. The zero-order chi connectivity index (χ0) is 25.8. The highest BCUT2D eigenvalue weighted by atomic mass is 16.6. The highest BCUT2D eigenvalue weighted by Gasteiger charge is 2.44. The Morgan fingerprint density at radius 3 is 2.19 bits per heavy atom. The van der Waals surface area contributed by atoms with E-state index in [0.717, 1.165) is 18.7 Å². The third-order valence-electron chi connectivity index (χ3n) is 7.15. The maximum absolute atomic E-state index is 13.2. The second kappa shape index (κ2) is 11.0. The van der Waals surface area contributed by atoms with E-state index in [4.69, 9.17) is 4.74 Å². The maximum atomic E-state index is 13.2. The molecule has 0 bridgehead atoms. The van der Waals surface area contributed by atoms with E-state index in [1.807, 2.05) is 57.2 Å². The van der Waals surface area contributed by atoms with Gasteiger partial charge < -0.3 is 14.6 Å². The summed E-state index contributed by atoms with van der Waals surface area (Å²) < 4.78 is 5.54. The molecule has 2 aromatic rings. The zero-order valence-electron chi connectivity index (χ0n) is 21.8. The number of hydrogen-bond acceptors (Lipinski definition) is 5. The zero-order valence-corrected chi connectivity index (χ0v) is 21.8. The lowest BCUT2D eigenvalue weighted by molar-refractivity contribution is -0.895. The van der Waals surface area contributed by atoms with Crippen molar-refractivity contribution in [1.82, 2.24) is 9.80 Å². The van der Waals surface area contributed by atoms with Crippen LogP contribution in [0.2, 0.25) is 0 Å². The van der Waals surface area contributed by atoms with E-state index in [9.17, 15) is 14.7 Å². The minimum Gasteiger partial charge on any atom is -0.498 e. The van der Waals surface area contributed by atoms with Gasteiger partial charge in [0.15, 0.2) is 0 Å². The summed E-state index contributed by atoms with van der Waals surface area (Å²) in [6.45, 7) is 8.49. The predicted molar refractivity (Wildman–Crippen MR) is 137 cm³/mol. The molecule has 2 atom stereocenters. The van der Waals surface area contributed by atoms with Crippen LogP contribution in [0.5, 0.6) is 0 Å². The van der Waals surface area contributed by atoms with Crippen molar-refractivity contribution in [2.24, 2.45) is 0 Å². The number of quaternary nitrogens is 1. The molecule has 7 nitrogen and oxygen atoms in total. The van der Waals surface area contributed by atoms with Crippen molar-refractivity contribution in [2.75, 3.05) is 26.2 Å². The van der Waals surface area contributed by atoms with E-state index in [1.54, 1.807) is 4.90 Å². The van der Waals surface area contributed by atoms with Crippen LogP contribution in [-0.2, 0) is 17.8 Å². The number of carbonyl (C=O) groups is 2. The molecule has 1 heterocycles. The number of amides is 2. The van der Waals surface area contributed by atoms with Crippen molar-refractivity contribution in [3.8, 4) is 0 Å². The highest BCUT2D eigenvalue weighted by Crippen LogP contribution is 2.30. The molecule has 4 rings (SSSR count). The van der Waals surface area contributed by atoms with Crippen LogP contribution in [0, 0.1) is 0 Å². The quantitative estimate of drug-likeness (QED) is 0.520. The molecule has 2 fully saturated rings. The second-order valence-corrected chi connectivity index (χ2v) is 11.3. The number of carboxylic acid groups (broad SMARTS) is 1. The normalized spacial score (nSPS) is 22.4. The summed E-state index contributed by atoms with van der Waals surface area (Å²) in [5, 5.41) is 12.5. The number of nitrogens with zero attached hydrogens (tertiary/aromatic N) is 3. The van der Waals surface area contributed by atoms with Gasteiger partial charge in [-0.05, 0) is 45.6 Å². The van der Waals surface area contributed by atoms with E-state index < -0.39 is 11.7 Å². The van der Waals surface area contributed by atoms with Gasteiger partial charge in [-0.25, -0.2) is 4.79 Å². The Bertz CT molecular complexity index is 1020. The molecule has 1 aliphatic carbocycles. The molecule has 194 valence electrons. The molecule has 1 saturated heterocycles. The van der Waals surface area contributed by atoms with Crippen LogP contribution in [0.4, 0.5) is 9.59 Å². The summed E-state index contributed by atoms with van der Waals surface area (Å²) in [6.07, 6.45) is 1.59. The topological polar surface area (TPSA) is 72.9 Å². The Labute approximate surface area is 214 Å². The average molecular weight is 494 g/mol. The van der Waals surface area contributed by atoms with Crippen molar-refractivity contribution in [2.45, 2.75) is 70.8 Å². The molecule has 1 unspecified atom stereocenters. The fraction of sp³-hybridized carbons (Fsp3) is 0.517. The van der Waals surface area contributed by atoms with E-state index in [1.165, 1.54) is 18.4 Å². The SMILES string of the molecule is CC(C)(C)OC(=O)N1CC[N+](Cc2ccccc2)(C(=O)[O-])C[C@H]1CCN(Cc1ccccc1)C1CC1. The molecule has 1 saturated carbocycles. The van der Waals surface area contributed by atoms with Gasteiger partial charge in [-0.1, -0.05) is 60.7 Å². The summed E-state index contributed by atoms with van der Waals surface area (Å²) in [4.78, 5) is 29.9. The van der Waals surface area contributed by atoms with Crippen molar-refractivity contribution >= 4 is 12.2 Å². The van der Waals surface area contributed by atoms with Gasteiger partial charge in [0.1, 0.15) is 25.2 Å². The highest BCUT2D eigenvalue weighted by molar-refractivity contribution is 5.69. The Hall–Kier alpha value is -2.90. The first-order chi connectivity index (χ1) is 17.2. The fourth-order valence-corrected chi connectivity index (χ4v) is 5.15. The molecule has 0 N–H and O–H groups in total. The minimum absolute atomic E-state index is 0.184. The average Bonchev–Trinajstić information content (AvgIpc) is 3.67. The smallest absolute Gasteiger partial charge is 0.410 e. The molecule has 2 amide bonds. The number of ether oxygens (including phenoxy) is 1. The number of piperazine rings is 1. The van der Waals surface area contributed by atoms with Crippen molar-refractivity contribution < 1.29 is 23.9 Å². The first kappa shape index (κ1) is 26.2. The molecule has 0 spiro atoms. The van der Waals surface area contributed by atoms with E-state index in [0.29, 0.717) is 38.6 Å². The van der Waals surface area contributed by atoms with Crippen molar-refractivity contribution in [3.05, 3.63) is 71.8 Å². The number of hydrogen-bond donors (Lipinski definition) is 0. The lowest BCUT2D eigenvalue weighted by Crippen LogP contribution is -2.69. The molecular formula is C29H39N3O4. The predicted octanol–water partition coefficient (Wildman–Crippen LogP) is 4.02. The van der Waals surface area contributed by atoms with Gasteiger partial charge in [0.25, 0.3) is 6.09 Å².